The SMILES string of the molecule is C=C/C(=C\C(CCNC)=C(C)C)c1cc(-c2ccc(S(=O)(=O)N(C)C3CC3)cc2OCC)cnc1N. The van der Waals surface area contributed by atoms with E-state index in [0.717, 1.165) is 48.1 Å². The van der Waals surface area contributed by atoms with Crippen LogP contribution in [-0.2, 0) is 10.0 Å². The zero-order chi connectivity index (χ0) is 26.5. The molecule has 1 aliphatic carbocycles. The van der Waals surface area contributed by atoms with Crippen LogP contribution in [0.1, 0.15) is 45.6 Å². The molecule has 194 valence electrons. The first-order valence-electron chi connectivity index (χ1n) is 12.3. The number of nitrogen functional groups attached to an aromatic ring is 1. The van der Waals surface area contributed by atoms with Gasteiger partial charge in [-0.05, 0) is 83.0 Å². The fourth-order valence-electron chi connectivity index (χ4n) is 3.99. The van der Waals surface area contributed by atoms with E-state index in [4.69, 9.17) is 10.5 Å². The number of sulfonamides is 1. The summed E-state index contributed by atoms with van der Waals surface area (Å²) < 4.78 is 33.5. The Labute approximate surface area is 215 Å². The highest BCUT2D eigenvalue weighted by Crippen LogP contribution is 2.37. The maximum atomic E-state index is 13.1. The van der Waals surface area contributed by atoms with Crippen LogP contribution >= 0.6 is 0 Å². The minimum atomic E-state index is -3.59. The van der Waals surface area contributed by atoms with Gasteiger partial charge < -0.3 is 15.8 Å². The molecule has 0 spiro atoms. The van der Waals surface area contributed by atoms with Crippen molar-refractivity contribution < 1.29 is 13.2 Å². The molecule has 0 amide bonds. The number of aromatic nitrogens is 1. The first kappa shape index (κ1) is 27.6. The van der Waals surface area contributed by atoms with Crippen molar-refractivity contribution in [2.45, 2.75) is 51.0 Å². The summed E-state index contributed by atoms with van der Waals surface area (Å²) in [6.07, 6.45) is 8.24. The molecule has 36 heavy (non-hydrogen) atoms. The Kier molecular flexibility index (Phi) is 9.11. The molecule has 2 aromatic rings. The number of nitrogens with two attached hydrogens (primary N) is 1. The molecule has 1 heterocycles. The second-order valence-corrected chi connectivity index (χ2v) is 11.2. The molecule has 1 fully saturated rings. The molecule has 1 aromatic heterocycles. The molecule has 0 atom stereocenters. The summed E-state index contributed by atoms with van der Waals surface area (Å²) in [6, 6.07) is 7.05. The van der Waals surface area contributed by atoms with Crippen molar-refractivity contribution in [3.63, 3.8) is 0 Å². The lowest BCUT2D eigenvalue weighted by Crippen LogP contribution is -2.28. The quantitative estimate of drug-likeness (QED) is 0.389. The lowest BCUT2D eigenvalue weighted by atomic mass is 9.97. The minimum absolute atomic E-state index is 0.0805. The Hall–Kier alpha value is -2.94. The highest BCUT2D eigenvalue weighted by Gasteiger charge is 2.35. The molecule has 7 nitrogen and oxygen atoms in total. The van der Waals surface area contributed by atoms with Crippen LogP contribution in [-0.4, -0.2) is 51.0 Å². The number of hydrogen-bond donors (Lipinski definition) is 2. The van der Waals surface area contributed by atoms with Crippen LogP contribution in [0.3, 0.4) is 0 Å². The average molecular weight is 511 g/mol. The molecular formula is C28H38N4O3S. The van der Waals surface area contributed by atoms with Gasteiger partial charge in [-0.1, -0.05) is 24.3 Å². The number of ether oxygens (including phenoxy) is 1. The monoisotopic (exact) mass is 510 g/mol. The van der Waals surface area contributed by atoms with Crippen molar-refractivity contribution >= 4 is 21.4 Å². The summed E-state index contributed by atoms with van der Waals surface area (Å²) in [5.41, 5.74) is 11.9. The van der Waals surface area contributed by atoms with E-state index in [0.29, 0.717) is 18.2 Å². The van der Waals surface area contributed by atoms with Gasteiger partial charge in [-0.15, -0.1) is 0 Å². The van der Waals surface area contributed by atoms with E-state index in [-0.39, 0.29) is 10.9 Å². The van der Waals surface area contributed by atoms with E-state index in [2.05, 4.69) is 36.8 Å². The van der Waals surface area contributed by atoms with Crippen LogP contribution in [0.25, 0.3) is 16.7 Å². The molecule has 0 radical (unpaired) electrons. The molecule has 1 aliphatic rings. The van der Waals surface area contributed by atoms with Gasteiger partial charge in [0.05, 0.1) is 11.5 Å². The Morgan fingerprint density at radius 3 is 2.61 bits per heavy atom. The van der Waals surface area contributed by atoms with E-state index in [1.54, 1.807) is 37.5 Å². The molecule has 0 unspecified atom stereocenters. The second-order valence-electron chi connectivity index (χ2n) is 9.18. The molecule has 1 aromatic carbocycles. The molecule has 0 aliphatic heterocycles. The van der Waals surface area contributed by atoms with Crippen molar-refractivity contribution in [3.05, 3.63) is 65.9 Å². The third-order valence-corrected chi connectivity index (χ3v) is 8.27. The fraction of sp³-hybridized carbons (Fsp3) is 0.393. The molecule has 3 N–H and O–H groups in total. The molecule has 8 heteroatoms. The third-order valence-electron chi connectivity index (χ3n) is 6.37. The number of pyridine rings is 1. The number of allylic oxidation sites excluding steroid dienone is 4. The zero-order valence-corrected chi connectivity index (χ0v) is 22.8. The van der Waals surface area contributed by atoms with E-state index in [9.17, 15) is 8.42 Å². The predicted octanol–water partition coefficient (Wildman–Crippen LogP) is 5.03. The molecular weight excluding hydrogens is 472 g/mol. The van der Waals surface area contributed by atoms with E-state index >= 15 is 0 Å². The highest BCUT2D eigenvalue weighted by atomic mass is 32.2. The predicted molar refractivity (Wildman–Crippen MR) is 148 cm³/mol. The smallest absolute Gasteiger partial charge is 0.243 e. The number of anilines is 1. The van der Waals surface area contributed by atoms with E-state index in [1.807, 2.05) is 20.0 Å². The maximum Gasteiger partial charge on any atom is 0.243 e. The van der Waals surface area contributed by atoms with E-state index < -0.39 is 10.0 Å². The first-order chi connectivity index (χ1) is 17.1. The lowest BCUT2D eigenvalue weighted by molar-refractivity contribution is 0.340. The summed E-state index contributed by atoms with van der Waals surface area (Å²) >= 11 is 0. The summed E-state index contributed by atoms with van der Waals surface area (Å²) in [5, 5.41) is 3.19. The summed E-state index contributed by atoms with van der Waals surface area (Å²) in [5.74, 6) is 0.887. The van der Waals surface area contributed by atoms with E-state index in [1.165, 1.54) is 15.5 Å². The van der Waals surface area contributed by atoms with Crippen LogP contribution in [0.15, 0.2) is 65.2 Å². The van der Waals surface area contributed by atoms with Crippen LogP contribution in [0.4, 0.5) is 5.82 Å². The van der Waals surface area contributed by atoms with Gasteiger partial charge in [0.25, 0.3) is 0 Å². The van der Waals surface area contributed by atoms with Crippen molar-refractivity contribution in [3.8, 4) is 16.9 Å². The Morgan fingerprint density at radius 1 is 1.31 bits per heavy atom. The van der Waals surface area contributed by atoms with Gasteiger partial charge >= 0.3 is 0 Å². The lowest BCUT2D eigenvalue weighted by Gasteiger charge is -2.18. The number of rotatable bonds is 12. The van der Waals surface area contributed by atoms with Gasteiger partial charge in [0.2, 0.25) is 10.0 Å². The van der Waals surface area contributed by atoms with Crippen LogP contribution in [0.5, 0.6) is 5.75 Å². The second kappa shape index (κ2) is 11.9. The summed E-state index contributed by atoms with van der Waals surface area (Å²) in [6.45, 7) is 11.3. The minimum Gasteiger partial charge on any atom is -0.493 e. The van der Waals surface area contributed by atoms with Crippen molar-refractivity contribution in [2.24, 2.45) is 0 Å². The van der Waals surface area contributed by atoms with Gasteiger partial charge in [0, 0.05) is 42.0 Å². The average Bonchev–Trinajstić information content (AvgIpc) is 3.70. The van der Waals surface area contributed by atoms with Crippen LogP contribution in [0, 0.1) is 0 Å². The van der Waals surface area contributed by atoms with Gasteiger partial charge in [0.1, 0.15) is 11.6 Å². The number of nitrogens with one attached hydrogen (secondary N) is 1. The van der Waals surface area contributed by atoms with Crippen molar-refractivity contribution in [1.29, 1.82) is 0 Å². The third kappa shape index (κ3) is 6.24. The fourth-order valence-corrected chi connectivity index (χ4v) is 5.42. The standard InChI is InChI=1S/C28H38N4O3S/c1-7-20(15-21(19(3)4)13-14-30-5)26-16-22(18-31-28(26)29)25-12-11-24(17-27(25)35-8-2)36(33,34)32(6)23-9-10-23/h7,11-12,15-18,23,30H,1,8-10,13-14H2,2-6H3,(H2,29,31)/b20-15+. The number of nitrogens with zero attached hydrogens (tertiary/aromatic N) is 2. The van der Waals surface area contributed by atoms with Crippen molar-refractivity contribution in [2.75, 3.05) is 33.0 Å². The van der Waals surface area contributed by atoms with Gasteiger partial charge in [-0.25, -0.2) is 13.4 Å². The molecule has 0 saturated heterocycles. The molecule has 0 bridgehead atoms. The number of hydrogen-bond acceptors (Lipinski definition) is 6. The van der Waals surface area contributed by atoms with Gasteiger partial charge in [-0.2, -0.15) is 4.31 Å². The van der Waals surface area contributed by atoms with Gasteiger partial charge in [-0.3, -0.25) is 0 Å². The van der Waals surface area contributed by atoms with Gasteiger partial charge in [0.15, 0.2) is 0 Å². The zero-order valence-electron chi connectivity index (χ0n) is 22.0. The topological polar surface area (TPSA) is 97.5 Å². The number of benzene rings is 1. The highest BCUT2D eigenvalue weighted by molar-refractivity contribution is 7.89. The normalized spacial score (nSPS) is 14.1. The summed E-state index contributed by atoms with van der Waals surface area (Å²) in [7, 11) is -0.0222. The largest absolute Gasteiger partial charge is 0.493 e. The molecule has 1 saturated carbocycles. The Morgan fingerprint density at radius 2 is 2.03 bits per heavy atom. The van der Waals surface area contributed by atoms with Crippen LogP contribution < -0.4 is 15.8 Å². The maximum absolute atomic E-state index is 13.1. The summed E-state index contributed by atoms with van der Waals surface area (Å²) in [4.78, 5) is 4.67. The Bertz CT molecular complexity index is 1270. The Balaban J connectivity index is 2.07. The van der Waals surface area contributed by atoms with Crippen LogP contribution in [0.2, 0.25) is 0 Å². The first-order valence-corrected chi connectivity index (χ1v) is 13.7. The molecule has 3 rings (SSSR count). The van der Waals surface area contributed by atoms with Crippen molar-refractivity contribution in [1.82, 2.24) is 14.6 Å².